The third-order valence-corrected chi connectivity index (χ3v) is 3.43. The molecule has 2 rings (SSSR count). The van der Waals surface area contributed by atoms with Crippen molar-refractivity contribution in [3.63, 3.8) is 0 Å². The van der Waals surface area contributed by atoms with E-state index in [1.165, 1.54) is 5.56 Å². The number of rotatable bonds is 8. The van der Waals surface area contributed by atoms with Crippen molar-refractivity contribution < 1.29 is 4.79 Å². The van der Waals surface area contributed by atoms with Gasteiger partial charge in [-0.3, -0.25) is 4.79 Å². The normalized spacial score (nSPS) is 10.5. The molecule has 0 unspecified atom stereocenters. The number of carbonyl (C=O) groups is 1. The molecule has 1 aromatic heterocycles. The van der Waals surface area contributed by atoms with Crippen molar-refractivity contribution in [2.24, 2.45) is 0 Å². The maximum atomic E-state index is 11.6. The van der Waals surface area contributed by atoms with Crippen LogP contribution in [-0.4, -0.2) is 22.0 Å². The van der Waals surface area contributed by atoms with E-state index in [0.29, 0.717) is 13.0 Å². The Morgan fingerprint density at radius 3 is 2.86 bits per heavy atom. The van der Waals surface area contributed by atoms with Gasteiger partial charge in [-0.2, -0.15) is 0 Å². The van der Waals surface area contributed by atoms with Crippen molar-refractivity contribution in [1.82, 2.24) is 14.9 Å². The zero-order valence-electron chi connectivity index (χ0n) is 12.6. The Hall–Kier alpha value is -2.10. The molecule has 0 fully saturated rings. The molecule has 0 aliphatic rings. The number of unbranched alkanes of at least 4 members (excludes halogenated alkanes) is 1. The minimum atomic E-state index is 0.137. The summed E-state index contributed by atoms with van der Waals surface area (Å²) in [5.41, 5.74) is 1.25. The summed E-state index contributed by atoms with van der Waals surface area (Å²) in [5, 5.41) is 2.95. The van der Waals surface area contributed by atoms with Crippen LogP contribution in [0.15, 0.2) is 42.7 Å². The molecule has 4 heteroatoms. The second kappa shape index (κ2) is 8.25. The Balaban J connectivity index is 1.82. The van der Waals surface area contributed by atoms with Gasteiger partial charge in [-0.15, -0.1) is 0 Å². The van der Waals surface area contributed by atoms with Crippen LogP contribution in [0.5, 0.6) is 0 Å². The van der Waals surface area contributed by atoms with Gasteiger partial charge < -0.3 is 9.88 Å². The van der Waals surface area contributed by atoms with Crippen molar-refractivity contribution in [3.8, 4) is 0 Å². The van der Waals surface area contributed by atoms with Crippen molar-refractivity contribution >= 4 is 5.91 Å². The molecule has 0 saturated carbocycles. The maximum absolute atomic E-state index is 11.6. The number of amides is 1. The molecule has 4 nitrogen and oxygen atoms in total. The first-order valence-corrected chi connectivity index (χ1v) is 7.60. The first-order chi connectivity index (χ1) is 10.3. The van der Waals surface area contributed by atoms with Crippen LogP contribution in [-0.2, 0) is 17.8 Å². The lowest BCUT2D eigenvalue weighted by Crippen LogP contribution is -2.26. The Morgan fingerprint density at radius 2 is 2.10 bits per heavy atom. The predicted molar refractivity (Wildman–Crippen MR) is 84.0 cm³/mol. The summed E-state index contributed by atoms with van der Waals surface area (Å²) in [7, 11) is 0. The van der Waals surface area contributed by atoms with Gasteiger partial charge in [0, 0.05) is 38.3 Å². The van der Waals surface area contributed by atoms with Gasteiger partial charge in [0.2, 0.25) is 5.91 Å². The molecule has 0 aliphatic carbocycles. The molecule has 0 bridgehead atoms. The lowest BCUT2D eigenvalue weighted by molar-refractivity contribution is -0.121. The van der Waals surface area contributed by atoms with E-state index in [2.05, 4.69) is 33.9 Å². The lowest BCUT2D eigenvalue weighted by atomic mass is 10.2. The first-order valence-electron chi connectivity index (χ1n) is 7.60. The fraction of sp³-hybridized carbons (Fsp3) is 0.412. The molecule has 0 atom stereocenters. The molecule has 0 saturated heterocycles. The van der Waals surface area contributed by atoms with E-state index in [0.717, 1.165) is 31.6 Å². The standard InChI is InChI=1S/C17H23N3O/c1-2-3-9-17(21)19-11-10-16-18-12-13-20(16)14-15-7-5-4-6-8-15/h4-8,12-13H,2-3,9-11,14H2,1H3,(H,19,21). The van der Waals surface area contributed by atoms with Crippen molar-refractivity contribution in [1.29, 1.82) is 0 Å². The van der Waals surface area contributed by atoms with Gasteiger partial charge in [0.1, 0.15) is 5.82 Å². The molecule has 0 radical (unpaired) electrons. The summed E-state index contributed by atoms with van der Waals surface area (Å²) < 4.78 is 2.13. The van der Waals surface area contributed by atoms with Crippen molar-refractivity contribution in [2.75, 3.05) is 6.54 Å². The minimum Gasteiger partial charge on any atom is -0.356 e. The molecule has 112 valence electrons. The van der Waals surface area contributed by atoms with Crippen LogP contribution in [0, 0.1) is 0 Å². The van der Waals surface area contributed by atoms with Gasteiger partial charge in [-0.25, -0.2) is 4.98 Å². The summed E-state index contributed by atoms with van der Waals surface area (Å²) >= 11 is 0. The Bertz CT molecular complexity index is 548. The summed E-state index contributed by atoms with van der Waals surface area (Å²) in [6.45, 7) is 3.56. The smallest absolute Gasteiger partial charge is 0.220 e. The quantitative estimate of drug-likeness (QED) is 0.810. The Morgan fingerprint density at radius 1 is 1.29 bits per heavy atom. The van der Waals surface area contributed by atoms with Gasteiger partial charge in [-0.05, 0) is 12.0 Å². The SMILES string of the molecule is CCCCC(=O)NCCc1nccn1Cc1ccccc1. The Labute approximate surface area is 126 Å². The predicted octanol–water partition coefficient (Wildman–Crippen LogP) is 2.78. The van der Waals surface area contributed by atoms with E-state index < -0.39 is 0 Å². The highest BCUT2D eigenvalue weighted by molar-refractivity contribution is 5.75. The highest BCUT2D eigenvalue weighted by Crippen LogP contribution is 2.06. The number of nitrogens with zero attached hydrogens (tertiary/aromatic N) is 2. The monoisotopic (exact) mass is 285 g/mol. The summed E-state index contributed by atoms with van der Waals surface area (Å²) in [4.78, 5) is 16.0. The largest absolute Gasteiger partial charge is 0.356 e. The van der Waals surface area contributed by atoms with E-state index in [4.69, 9.17) is 0 Å². The summed E-state index contributed by atoms with van der Waals surface area (Å²) in [6, 6.07) is 10.3. The van der Waals surface area contributed by atoms with E-state index in [9.17, 15) is 4.79 Å². The molecular weight excluding hydrogens is 262 g/mol. The molecule has 1 aromatic carbocycles. The molecular formula is C17H23N3O. The minimum absolute atomic E-state index is 0.137. The zero-order valence-corrected chi connectivity index (χ0v) is 12.6. The number of benzene rings is 1. The maximum Gasteiger partial charge on any atom is 0.220 e. The molecule has 1 N–H and O–H groups in total. The Kier molecular flexibility index (Phi) is 6.00. The highest BCUT2D eigenvalue weighted by Gasteiger charge is 2.05. The van der Waals surface area contributed by atoms with Crippen LogP contribution in [0.2, 0.25) is 0 Å². The van der Waals surface area contributed by atoms with Crippen molar-refractivity contribution in [2.45, 2.75) is 39.2 Å². The van der Waals surface area contributed by atoms with Gasteiger partial charge in [0.15, 0.2) is 0 Å². The average Bonchev–Trinajstić information content (AvgIpc) is 2.93. The number of hydrogen-bond donors (Lipinski definition) is 1. The fourth-order valence-electron chi connectivity index (χ4n) is 2.23. The van der Waals surface area contributed by atoms with E-state index in [-0.39, 0.29) is 5.91 Å². The van der Waals surface area contributed by atoms with Gasteiger partial charge in [0.25, 0.3) is 0 Å². The molecule has 2 aromatic rings. The van der Waals surface area contributed by atoms with Gasteiger partial charge in [0.05, 0.1) is 0 Å². The lowest BCUT2D eigenvalue weighted by Gasteiger charge is -2.09. The second-order valence-corrected chi connectivity index (χ2v) is 5.16. The molecule has 0 spiro atoms. The second-order valence-electron chi connectivity index (χ2n) is 5.16. The number of hydrogen-bond acceptors (Lipinski definition) is 2. The number of aromatic nitrogens is 2. The van der Waals surface area contributed by atoms with Crippen molar-refractivity contribution in [3.05, 3.63) is 54.1 Å². The number of imidazole rings is 1. The third-order valence-electron chi connectivity index (χ3n) is 3.43. The fourth-order valence-corrected chi connectivity index (χ4v) is 2.23. The highest BCUT2D eigenvalue weighted by atomic mass is 16.1. The van der Waals surface area contributed by atoms with Gasteiger partial charge in [-0.1, -0.05) is 43.7 Å². The summed E-state index contributed by atoms with van der Waals surface area (Å²) in [5.74, 6) is 1.15. The average molecular weight is 285 g/mol. The van der Waals surface area contributed by atoms with Crippen LogP contribution < -0.4 is 5.32 Å². The van der Waals surface area contributed by atoms with E-state index >= 15 is 0 Å². The van der Waals surface area contributed by atoms with E-state index in [1.807, 2.05) is 30.6 Å². The van der Waals surface area contributed by atoms with Crippen LogP contribution >= 0.6 is 0 Å². The summed E-state index contributed by atoms with van der Waals surface area (Å²) in [6.07, 6.45) is 7.19. The van der Waals surface area contributed by atoms with Gasteiger partial charge >= 0.3 is 0 Å². The zero-order chi connectivity index (χ0) is 14.9. The van der Waals surface area contributed by atoms with E-state index in [1.54, 1.807) is 0 Å². The number of nitrogens with one attached hydrogen (secondary N) is 1. The number of carbonyl (C=O) groups excluding carboxylic acids is 1. The molecule has 0 aliphatic heterocycles. The van der Waals surface area contributed by atoms with Crippen LogP contribution in [0.1, 0.15) is 37.6 Å². The van der Waals surface area contributed by atoms with Crippen LogP contribution in [0.3, 0.4) is 0 Å². The van der Waals surface area contributed by atoms with Crippen LogP contribution in [0.25, 0.3) is 0 Å². The molecule has 1 heterocycles. The molecule has 1 amide bonds. The topological polar surface area (TPSA) is 46.9 Å². The third kappa shape index (κ3) is 5.06. The molecule has 21 heavy (non-hydrogen) atoms. The van der Waals surface area contributed by atoms with Crippen LogP contribution in [0.4, 0.5) is 0 Å². The first kappa shape index (κ1) is 15.3.